The molecule has 0 spiro atoms. The molecule has 0 aliphatic rings. The third kappa shape index (κ3) is 2.27. The van der Waals surface area contributed by atoms with Gasteiger partial charge in [-0.15, -0.1) is 0 Å². The Kier molecular flexibility index (Phi) is 2.88. The minimum absolute atomic E-state index is 0.776. The van der Waals surface area contributed by atoms with E-state index in [0.717, 1.165) is 17.2 Å². The maximum atomic E-state index is 4.47. The quantitative estimate of drug-likeness (QED) is 0.696. The van der Waals surface area contributed by atoms with Gasteiger partial charge < -0.3 is 0 Å². The Morgan fingerprint density at radius 2 is 1.53 bits per heavy atom. The topological polar surface area (TPSA) is 30.7 Å². The predicted molar refractivity (Wildman–Crippen MR) is 76.6 cm³/mol. The van der Waals surface area contributed by atoms with Crippen molar-refractivity contribution in [2.75, 3.05) is 0 Å². The highest BCUT2D eigenvalue weighted by atomic mass is 15.3. The molecular formula is C16H15N3. The molecule has 0 unspecified atom stereocenters. The number of benzene rings is 2. The van der Waals surface area contributed by atoms with Crippen LogP contribution in [0.15, 0.2) is 54.6 Å². The Morgan fingerprint density at radius 1 is 0.842 bits per heavy atom. The van der Waals surface area contributed by atoms with Crippen molar-refractivity contribution in [2.24, 2.45) is 7.05 Å². The van der Waals surface area contributed by atoms with Gasteiger partial charge in [0, 0.05) is 12.6 Å². The number of aromatic nitrogens is 3. The molecule has 3 heteroatoms. The molecule has 0 bridgehead atoms. The molecular weight excluding hydrogens is 234 g/mol. The summed E-state index contributed by atoms with van der Waals surface area (Å²) in [5, 5.41) is 4.42. The maximum absolute atomic E-state index is 4.47. The van der Waals surface area contributed by atoms with E-state index in [9.17, 15) is 0 Å². The smallest absolute Gasteiger partial charge is 0.181 e. The molecule has 1 aromatic heterocycles. The van der Waals surface area contributed by atoms with Gasteiger partial charge in [0.1, 0.15) is 5.82 Å². The van der Waals surface area contributed by atoms with Crippen LogP contribution in [0.4, 0.5) is 0 Å². The van der Waals surface area contributed by atoms with E-state index in [2.05, 4.69) is 34.3 Å². The minimum atomic E-state index is 0.776. The number of nitrogens with zero attached hydrogens (tertiary/aromatic N) is 3. The molecule has 0 atom stereocenters. The van der Waals surface area contributed by atoms with Crippen molar-refractivity contribution in [2.45, 2.75) is 6.92 Å². The van der Waals surface area contributed by atoms with Crippen LogP contribution in [-0.2, 0) is 7.05 Å². The lowest BCUT2D eigenvalue weighted by atomic mass is 10.0. The molecule has 0 radical (unpaired) electrons. The van der Waals surface area contributed by atoms with Crippen molar-refractivity contribution in [1.82, 2.24) is 14.8 Å². The molecule has 19 heavy (non-hydrogen) atoms. The summed E-state index contributed by atoms with van der Waals surface area (Å²) in [7, 11) is 1.91. The first-order valence-corrected chi connectivity index (χ1v) is 6.27. The van der Waals surface area contributed by atoms with Crippen LogP contribution >= 0.6 is 0 Å². The number of rotatable bonds is 2. The van der Waals surface area contributed by atoms with Gasteiger partial charge in [0.25, 0.3) is 0 Å². The lowest BCUT2D eigenvalue weighted by Gasteiger charge is -2.03. The fraction of sp³-hybridized carbons (Fsp3) is 0.125. The Hall–Kier alpha value is -2.42. The standard InChI is InChI=1S/C16H15N3/c1-12-17-16(18-19(12)2)15-10-6-9-14(11-15)13-7-4-3-5-8-13/h3-11H,1-2H3. The van der Waals surface area contributed by atoms with E-state index < -0.39 is 0 Å². The van der Waals surface area contributed by atoms with E-state index in [0.29, 0.717) is 0 Å². The van der Waals surface area contributed by atoms with Crippen molar-refractivity contribution in [3.05, 3.63) is 60.4 Å². The first-order valence-electron chi connectivity index (χ1n) is 6.27. The third-order valence-electron chi connectivity index (χ3n) is 3.21. The number of hydrogen-bond acceptors (Lipinski definition) is 2. The molecule has 0 N–H and O–H groups in total. The van der Waals surface area contributed by atoms with Gasteiger partial charge in [-0.1, -0.05) is 48.5 Å². The van der Waals surface area contributed by atoms with Crippen molar-refractivity contribution in [3.8, 4) is 22.5 Å². The average Bonchev–Trinajstić information content (AvgIpc) is 2.80. The number of aryl methyl sites for hydroxylation is 2. The van der Waals surface area contributed by atoms with Gasteiger partial charge in [0.15, 0.2) is 5.82 Å². The van der Waals surface area contributed by atoms with Crippen LogP contribution in [0.5, 0.6) is 0 Å². The van der Waals surface area contributed by atoms with E-state index in [4.69, 9.17) is 0 Å². The van der Waals surface area contributed by atoms with E-state index in [1.54, 1.807) is 4.68 Å². The molecule has 0 amide bonds. The lowest BCUT2D eigenvalue weighted by Crippen LogP contribution is -1.92. The fourth-order valence-electron chi connectivity index (χ4n) is 2.05. The summed E-state index contributed by atoms with van der Waals surface area (Å²) in [6, 6.07) is 18.7. The van der Waals surface area contributed by atoms with Crippen LogP contribution in [0.3, 0.4) is 0 Å². The zero-order valence-electron chi connectivity index (χ0n) is 11.0. The molecule has 3 nitrogen and oxygen atoms in total. The van der Waals surface area contributed by atoms with Crippen LogP contribution in [0.25, 0.3) is 22.5 Å². The van der Waals surface area contributed by atoms with Gasteiger partial charge in [-0.3, -0.25) is 4.68 Å². The molecule has 2 aromatic carbocycles. The molecule has 0 fully saturated rings. The summed E-state index contributed by atoms with van der Waals surface area (Å²) < 4.78 is 1.80. The molecule has 0 aliphatic carbocycles. The van der Waals surface area contributed by atoms with Crippen LogP contribution in [0.1, 0.15) is 5.82 Å². The molecule has 0 saturated carbocycles. The first kappa shape index (κ1) is 11.7. The second kappa shape index (κ2) is 4.69. The van der Waals surface area contributed by atoms with Crippen LogP contribution < -0.4 is 0 Å². The van der Waals surface area contributed by atoms with Gasteiger partial charge in [-0.05, 0) is 24.1 Å². The summed E-state index contributed by atoms with van der Waals surface area (Å²) in [6.07, 6.45) is 0. The molecule has 94 valence electrons. The summed E-state index contributed by atoms with van der Waals surface area (Å²) in [4.78, 5) is 4.47. The van der Waals surface area contributed by atoms with Crippen LogP contribution in [0.2, 0.25) is 0 Å². The SMILES string of the molecule is Cc1nc(-c2cccc(-c3ccccc3)c2)nn1C. The predicted octanol–water partition coefficient (Wildman–Crippen LogP) is 3.46. The average molecular weight is 249 g/mol. The highest BCUT2D eigenvalue weighted by molar-refractivity contribution is 5.70. The highest BCUT2D eigenvalue weighted by Crippen LogP contribution is 2.24. The molecule has 3 rings (SSSR count). The zero-order valence-corrected chi connectivity index (χ0v) is 11.0. The summed E-state index contributed by atoms with van der Waals surface area (Å²) in [6.45, 7) is 1.96. The summed E-state index contributed by atoms with van der Waals surface area (Å²) in [5.74, 6) is 1.69. The fourth-order valence-corrected chi connectivity index (χ4v) is 2.05. The van der Waals surface area contributed by atoms with Crippen LogP contribution in [-0.4, -0.2) is 14.8 Å². The normalized spacial score (nSPS) is 10.6. The van der Waals surface area contributed by atoms with E-state index in [1.807, 2.05) is 44.3 Å². The first-order chi connectivity index (χ1) is 9.24. The second-order valence-electron chi connectivity index (χ2n) is 4.55. The molecule has 0 saturated heterocycles. The molecule has 3 aromatic rings. The van der Waals surface area contributed by atoms with Crippen molar-refractivity contribution >= 4 is 0 Å². The monoisotopic (exact) mass is 249 g/mol. The summed E-state index contributed by atoms with van der Waals surface area (Å²) in [5.41, 5.74) is 3.44. The van der Waals surface area contributed by atoms with Gasteiger partial charge in [0.2, 0.25) is 0 Å². The van der Waals surface area contributed by atoms with Gasteiger partial charge in [-0.2, -0.15) is 5.10 Å². The largest absolute Gasteiger partial charge is 0.253 e. The Bertz CT molecular complexity index is 680. The Labute approximate surface area is 112 Å². The Morgan fingerprint density at radius 3 is 2.21 bits per heavy atom. The number of hydrogen-bond donors (Lipinski definition) is 0. The van der Waals surface area contributed by atoms with E-state index in [1.165, 1.54) is 11.1 Å². The highest BCUT2D eigenvalue weighted by Gasteiger charge is 2.07. The second-order valence-corrected chi connectivity index (χ2v) is 4.55. The van der Waals surface area contributed by atoms with E-state index >= 15 is 0 Å². The third-order valence-corrected chi connectivity index (χ3v) is 3.21. The zero-order chi connectivity index (χ0) is 13.2. The maximum Gasteiger partial charge on any atom is 0.181 e. The van der Waals surface area contributed by atoms with Crippen molar-refractivity contribution < 1.29 is 0 Å². The van der Waals surface area contributed by atoms with Gasteiger partial charge >= 0.3 is 0 Å². The summed E-state index contributed by atoms with van der Waals surface area (Å²) >= 11 is 0. The Balaban J connectivity index is 2.05. The van der Waals surface area contributed by atoms with E-state index in [-0.39, 0.29) is 0 Å². The minimum Gasteiger partial charge on any atom is -0.253 e. The lowest BCUT2D eigenvalue weighted by molar-refractivity contribution is 0.736. The van der Waals surface area contributed by atoms with Crippen LogP contribution in [0, 0.1) is 6.92 Å². The molecule has 0 aliphatic heterocycles. The van der Waals surface area contributed by atoms with Gasteiger partial charge in [-0.25, -0.2) is 4.98 Å². The molecule has 1 heterocycles. The van der Waals surface area contributed by atoms with Crippen molar-refractivity contribution in [1.29, 1.82) is 0 Å². The van der Waals surface area contributed by atoms with Crippen molar-refractivity contribution in [3.63, 3.8) is 0 Å². The van der Waals surface area contributed by atoms with Gasteiger partial charge in [0.05, 0.1) is 0 Å².